The molecular formula is C12H19BrClNO2. The molecule has 1 aromatic carbocycles. The smallest absolute Gasteiger partial charge is 0.119 e. The zero-order valence-electron chi connectivity index (χ0n) is 10.0. The van der Waals surface area contributed by atoms with E-state index in [1.54, 1.807) is 0 Å². The summed E-state index contributed by atoms with van der Waals surface area (Å²) < 4.78 is 6.46. The molecule has 1 rings (SSSR count). The predicted molar refractivity (Wildman–Crippen MR) is 76.0 cm³/mol. The highest BCUT2D eigenvalue weighted by Gasteiger charge is 2.05. The SMILES string of the molecule is CC(C)NCC(O)COc1ccc(Br)cc1.Cl. The van der Waals surface area contributed by atoms with Crippen LogP contribution in [0.2, 0.25) is 0 Å². The first kappa shape index (κ1) is 16.7. The Morgan fingerprint density at radius 1 is 1.29 bits per heavy atom. The summed E-state index contributed by atoms with van der Waals surface area (Å²) in [5, 5.41) is 12.8. The highest BCUT2D eigenvalue weighted by Crippen LogP contribution is 2.16. The van der Waals surface area contributed by atoms with Crippen LogP contribution in [0.1, 0.15) is 13.8 Å². The second-order valence-corrected chi connectivity index (χ2v) is 4.90. The molecule has 0 fully saturated rings. The average Bonchev–Trinajstić information content (AvgIpc) is 2.25. The van der Waals surface area contributed by atoms with Crippen LogP contribution in [0.5, 0.6) is 5.75 Å². The highest BCUT2D eigenvalue weighted by molar-refractivity contribution is 9.10. The Labute approximate surface area is 117 Å². The van der Waals surface area contributed by atoms with E-state index in [2.05, 4.69) is 21.2 Å². The minimum absolute atomic E-state index is 0. The topological polar surface area (TPSA) is 41.5 Å². The molecule has 0 aromatic heterocycles. The summed E-state index contributed by atoms with van der Waals surface area (Å²) in [6, 6.07) is 7.93. The van der Waals surface area contributed by atoms with E-state index in [1.807, 2.05) is 38.1 Å². The van der Waals surface area contributed by atoms with Crippen LogP contribution in [0.3, 0.4) is 0 Å². The largest absolute Gasteiger partial charge is 0.491 e. The summed E-state index contributed by atoms with van der Waals surface area (Å²) in [5.41, 5.74) is 0. The number of aliphatic hydroxyl groups is 1. The lowest BCUT2D eigenvalue weighted by molar-refractivity contribution is 0.104. The number of aliphatic hydroxyl groups excluding tert-OH is 1. The van der Waals surface area contributed by atoms with Crippen LogP contribution in [-0.4, -0.2) is 30.4 Å². The van der Waals surface area contributed by atoms with Gasteiger partial charge in [-0.15, -0.1) is 12.4 Å². The minimum atomic E-state index is -0.481. The summed E-state index contributed by atoms with van der Waals surface area (Å²) in [6.45, 7) is 4.94. The van der Waals surface area contributed by atoms with Gasteiger partial charge in [-0.05, 0) is 24.3 Å². The summed E-state index contributed by atoms with van der Waals surface area (Å²) in [7, 11) is 0. The molecule has 0 heterocycles. The first-order chi connectivity index (χ1) is 7.58. The monoisotopic (exact) mass is 323 g/mol. The highest BCUT2D eigenvalue weighted by atomic mass is 79.9. The second kappa shape index (κ2) is 8.75. The molecule has 0 radical (unpaired) electrons. The Balaban J connectivity index is 0.00000256. The van der Waals surface area contributed by atoms with Crippen molar-refractivity contribution in [1.29, 1.82) is 0 Å². The third-order valence-electron chi connectivity index (χ3n) is 2.02. The number of rotatable bonds is 6. The Morgan fingerprint density at radius 3 is 2.41 bits per heavy atom. The molecule has 0 spiro atoms. The number of hydrogen-bond acceptors (Lipinski definition) is 3. The molecule has 3 nitrogen and oxygen atoms in total. The van der Waals surface area contributed by atoms with Gasteiger partial charge in [-0.25, -0.2) is 0 Å². The van der Waals surface area contributed by atoms with Gasteiger partial charge < -0.3 is 15.2 Å². The van der Waals surface area contributed by atoms with Crippen LogP contribution in [0.4, 0.5) is 0 Å². The van der Waals surface area contributed by atoms with Crippen LogP contribution in [0, 0.1) is 0 Å². The van der Waals surface area contributed by atoms with Crippen molar-refractivity contribution in [1.82, 2.24) is 5.32 Å². The molecule has 0 bridgehead atoms. The van der Waals surface area contributed by atoms with Gasteiger partial charge in [0.25, 0.3) is 0 Å². The Hall–Kier alpha value is -0.290. The van der Waals surface area contributed by atoms with Crippen molar-refractivity contribution in [3.8, 4) is 5.75 Å². The molecule has 17 heavy (non-hydrogen) atoms. The van der Waals surface area contributed by atoms with E-state index >= 15 is 0 Å². The van der Waals surface area contributed by atoms with Crippen molar-refractivity contribution in [2.75, 3.05) is 13.2 Å². The van der Waals surface area contributed by atoms with Gasteiger partial charge in [0.1, 0.15) is 18.5 Å². The van der Waals surface area contributed by atoms with Gasteiger partial charge >= 0.3 is 0 Å². The van der Waals surface area contributed by atoms with Crippen LogP contribution >= 0.6 is 28.3 Å². The van der Waals surface area contributed by atoms with Crippen molar-refractivity contribution in [3.05, 3.63) is 28.7 Å². The van der Waals surface area contributed by atoms with Crippen molar-refractivity contribution >= 4 is 28.3 Å². The molecule has 0 amide bonds. The number of halogens is 2. The molecular weight excluding hydrogens is 305 g/mol. The van der Waals surface area contributed by atoms with Gasteiger partial charge in [0.15, 0.2) is 0 Å². The maximum atomic E-state index is 9.62. The number of hydrogen-bond donors (Lipinski definition) is 2. The predicted octanol–water partition coefficient (Wildman–Crippen LogP) is 2.61. The third-order valence-corrected chi connectivity index (χ3v) is 2.55. The fourth-order valence-electron chi connectivity index (χ4n) is 1.15. The zero-order chi connectivity index (χ0) is 12.0. The van der Waals surface area contributed by atoms with Gasteiger partial charge in [-0.1, -0.05) is 29.8 Å². The minimum Gasteiger partial charge on any atom is -0.491 e. The van der Waals surface area contributed by atoms with Gasteiger partial charge in [-0.3, -0.25) is 0 Å². The lowest BCUT2D eigenvalue weighted by atomic mass is 10.3. The molecule has 0 saturated carbocycles. The van der Waals surface area contributed by atoms with E-state index in [0.29, 0.717) is 19.2 Å². The summed E-state index contributed by atoms with van der Waals surface area (Å²) in [5.74, 6) is 0.770. The lowest BCUT2D eigenvalue weighted by Crippen LogP contribution is -2.35. The van der Waals surface area contributed by atoms with Crippen LogP contribution < -0.4 is 10.1 Å². The molecule has 98 valence electrons. The van der Waals surface area contributed by atoms with E-state index < -0.39 is 6.10 Å². The Bertz CT molecular complexity index is 306. The Morgan fingerprint density at radius 2 is 1.88 bits per heavy atom. The van der Waals surface area contributed by atoms with E-state index in [4.69, 9.17) is 4.74 Å². The summed E-state index contributed by atoms with van der Waals surface area (Å²) in [6.07, 6.45) is -0.481. The third kappa shape index (κ3) is 7.60. The van der Waals surface area contributed by atoms with Crippen LogP contribution in [-0.2, 0) is 0 Å². The maximum Gasteiger partial charge on any atom is 0.119 e. The molecule has 1 atom stereocenters. The lowest BCUT2D eigenvalue weighted by Gasteiger charge is -2.14. The van der Waals surface area contributed by atoms with Gasteiger partial charge in [-0.2, -0.15) is 0 Å². The summed E-state index contributed by atoms with van der Waals surface area (Å²) in [4.78, 5) is 0. The average molecular weight is 325 g/mol. The standard InChI is InChI=1S/C12H18BrNO2.ClH/c1-9(2)14-7-11(15)8-16-12-5-3-10(13)4-6-12;/h3-6,9,11,14-15H,7-8H2,1-2H3;1H. The maximum absolute atomic E-state index is 9.62. The molecule has 0 saturated heterocycles. The number of benzene rings is 1. The quantitative estimate of drug-likeness (QED) is 0.845. The van der Waals surface area contributed by atoms with Crippen molar-refractivity contribution < 1.29 is 9.84 Å². The van der Waals surface area contributed by atoms with E-state index in [0.717, 1.165) is 10.2 Å². The molecule has 0 aliphatic carbocycles. The fraction of sp³-hybridized carbons (Fsp3) is 0.500. The van der Waals surface area contributed by atoms with E-state index in [-0.39, 0.29) is 12.4 Å². The molecule has 1 aromatic rings. The molecule has 5 heteroatoms. The van der Waals surface area contributed by atoms with Crippen molar-refractivity contribution in [2.45, 2.75) is 26.0 Å². The number of nitrogens with one attached hydrogen (secondary N) is 1. The van der Waals surface area contributed by atoms with Gasteiger partial charge in [0, 0.05) is 17.1 Å². The normalized spacial score (nSPS) is 12.1. The first-order valence-corrected chi connectivity index (χ1v) is 6.17. The zero-order valence-corrected chi connectivity index (χ0v) is 12.4. The Kier molecular flexibility index (Phi) is 8.60. The van der Waals surface area contributed by atoms with Crippen molar-refractivity contribution in [3.63, 3.8) is 0 Å². The molecule has 0 aliphatic heterocycles. The first-order valence-electron chi connectivity index (χ1n) is 5.37. The molecule has 2 N–H and O–H groups in total. The van der Waals surface area contributed by atoms with E-state index in [9.17, 15) is 5.11 Å². The van der Waals surface area contributed by atoms with Crippen LogP contribution in [0.25, 0.3) is 0 Å². The van der Waals surface area contributed by atoms with Gasteiger partial charge in [0.2, 0.25) is 0 Å². The molecule has 0 aliphatic rings. The summed E-state index contributed by atoms with van der Waals surface area (Å²) >= 11 is 3.35. The van der Waals surface area contributed by atoms with Crippen LogP contribution in [0.15, 0.2) is 28.7 Å². The number of ether oxygens (including phenoxy) is 1. The van der Waals surface area contributed by atoms with E-state index in [1.165, 1.54) is 0 Å². The van der Waals surface area contributed by atoms with Gasteiger partial charge in [0.05, 0.1) is 0 Å². The fourth-order valence-corrected chi connectivity index (χ4v) is 1.42. The second-order valence-electron chi connectivity index (χ2n) is 3.98. The van der Waals surface area contributed by atoms with Crippen molar-refractivity contribution in [2.24, 2.45) is 0 Å². The molecule has 1 unspecified atom stereocenters.